The Morgan fingerprint density at radius 2 is 1.94 bits per heavy atom. The van der Waals surface area contributed by atoms with Crippen molar-refractivity contribution < 1.29 is 24.5 Å². The Morgan fingerprint density at radius 1 is 1.25 bits per heavy atom. The average Bonchev–Trinajstić information content (AvgIpc) is 2.73. The molecule has 3 aliphatic carbocycles. The first-order chi connectivity index (χ1) is 14.9. The third kappa shape index (κ3) is 2.97. The monoisotopic (exact) mass is 440 g/mol. The van der Waals surface area contributed by atoms with Crippen molar-refractivity contribution in [3.8, 4) is 0 Å². The highest BCUT2D eigenvalue weighted by Gasteiger charge is 2.68. The number of hydrogen-bond acceptors (Lipinski definition) is 5. The summed E-state index contributed by atoms with van der Waals surface area (Å²) in [6.45, 7) is 14.2. The van der Waals surface area contributed by atoms with Gasteiger partial charge >= 0.3 is 0 Å². The van der Waals surface area contributed by atoms with Crippen molar-refractivity contribution >= 4 is 11.6 Å². The molecule has 5 heteroatoms. The van der Waals surface area contributed by atoms with E-state index in [1.807, 2.05) is 0 Å². The molecule has 6 unspecified atom stereocenters. The Kier molecular flexibility index (Phi) is 5.45. The average molecular weight is 441 g/mol. The third-order valence-corrected chi connectivity index (χ3v) is 9.23. The van der Waals surface area contributed by atoms with Crippen LogP contribution in [-0.4, -0.2) is 39.6 Å². The second-order valence-electron chi connectivity index (χ2n) is 11.1. The Bertz CT molecular complexity index is 967. The Balaban J connectivity index is 1.80. The van der Waals surface area contributed by atoms with Crippen molar-refractivity contribution in [3.05, 3.63) is 47.3 Å². The molecule has 0 aromatic carbocycles. The van der Waals surface area contributed by atoms with E-state index in [9.17, 15) is 19.8 Å². The van der Waals surface area contributed by atoms with E-state index in [4.69, 9.17) is 4.74 Å². The minimum atomic E-state index is -1.25. The summed E-state index contributed by atoms with van der Waals surface area (Å²) in [4.78, 5) is 26.7. The molecule has 0 bridgehead atoms. The summed E-state index contributed by atoms with van der Waals surface area (Å²) in [7, 11) is 0. The highest BCUT2D eigenvalue weighted by atomic mass is 16.5. The molecule has 0 aromatic heterocycles. The largest absolute Gasteiger partial charge is 0.482 e. The molecule has 2 N–H and O–H groups in total. The first-order valence-corrected chi connectivity index (χ1v) is 11.8. The van der Waals surface area contributed by atoms with Gasteiger partial charge in [-0.05, 0) is 62.0 Å². The zero-order valence-corrected chi connectivity index (χ0v) is 19.9. The number of carbonyl (C=O) groups is 2. The quantitative estimate of drug-likeness (QED) is 0.507. The van der Waals surface area contributed by atoms with E-state index in [1.54, 1.807) is 19.1 Å². The molecule has 0 radical (unpaired) electrons. The minimum Gasteiger partial charge on any atom is -0.482 e. The fourth-order valence-electron chi connectivity index (χ4n) is 6.94. The maximum absolute atomic E-state index is 13.5. The van der Waals surface area contributed by atoms with Gasteiger partial charge in [0.2, 0.25) is 5.78 Å². The molecule has 5 nitrogen and oxygen atoms in total. The number of rotatable bonds is 3. The van der Waals surface area contributed by atoms with Crippen LogP contribution in [0.2, 0.25) is 0 Å². The van der Waals surface area contributed by atoms with Gasteiger partial charge < -0.3 is 14.9 Å². The predicted octanol–water partition coefficient (Wildman–Crippen LogP) is 4.20. The van der Waals surface area contributed by atoms with Crippen LogP contribution >= 0.6 is 0 Å². The number of aliphatic hydroxyl groups is 2. The molecule has 0 amide bonds. The number of carbonyl (C=O) groups excluding carboxylic acids is 2. The van der Waals surface area contributed by atoms with E-state index in [2.05, 4.69) is 34.3 Å². The van der Waals surface area contributed by atoms with Crippen molar-refractivity contribution in [1.82, 2.24) is 0 Å². The van der Waals surface area contributed by atoms with Crippen LogP contribution in [0.25, 0.3) is 0 Å². The fraction of sp³-hybridized carbons (Fsp3) is 0.630. The normalized spacial score (nSPS) is 39.6. The number of ether oxygens (including phenoxy) is 1. The summed E-state index contributed by atoms with van der Waals surface area (Å²) in [6, 6.07) is 0. The fourth-order valence-corrected chi connectivity index (χ4v) is 6.94. The molecule has 4 aliphatic rings. The molecule has 0 saturated heterocycles. The molecular formula is C27H36O5. The van der Waals surface area contributed by atoms with Crippen LogP contribution in [0.5, 0.6) is 0 Å². The van der Waals surface area contributed by atoms with Crippen LogP contribution < -0.4 is 0 Å². The van der Waals surface area contributed by atoms with Gasteiger partial charge in [0.1, 0.15) is 11.7 Å². The van der Waals surface area contributed by atoms with Crippen LogP contribution in [0.3, 0.4) is 0 Å². The van der Waals surface area contributed by atoms with Crippen LogP contribution in [0.1, 0.15) is 66.7 Å². The van der Waals surface area contributed by atoms with Gasteiger partial charge in [-0.15, -0.1) is 0 Å². The summed E-state index contributed by atoms with van der Waals surface area (Å²) in [6.07, 6.45) is 6.58. The highest BCUT2D eigenvalue weighted by molar-refractivity contribution is 6.22. The van der Waals surface area contributed by atoms with E-state index >= 15 is 0 Å². The van der Waals surface area contributed by atoms with Crippen molar-refractivity contribution in [1.29, 1.82) is 0 Å². The molecule has 6 atom stereocenters. The minimum absolute atomic E-state index is 0.0207. The lowest BCUT2D eigenvalue weighted by molar-refractivity contribution is -0.256. The molecule has 0 aromatic rings. The molecule has 1 heterocycles. The van der Waals surface area contributed by atoms with Crippen LogP contribution in [0, 0.1) is 22.7 Å². The lowest BCUT2D eigenvalue weighted by Crippen LogP contribution is -2.68. The van der Waals surface area contributed by atoms with Gasteiger partial charge in [0.15, 0.2) is 11.5 Å². The molecule has 4 rings (SSSR count). The Labute approximate surface area is 190 Å². The third-order valence-electron chi connectivity index (χ3n) is 9.23. The van der Waals surface area contributed by atoms with Gasteiger partial charge in [0, 0.05) is 22.5 Å². The van der Waals surface area contributed by atoms with Crippen LogP contribution in [0.15, 0.2) is 47.3 Å². The molecule has 174 valence electrons. The second kappa shape index (κ2) is 7.53. The zero-order valence-electron chi connectivity index (χ0n) is 19.9. The lowest BCUT2D eigenvalue weighted by Gasteiger charge is -2.66. The van der Waals surface area contributed by atoms with Crippen LogP contribution in [0.4, 0.5) is 0 Å². The van der Waals surface area contributed by atoms with Crippen molar-refractivity contribution in [3.63, 3.8) is 0 Å². The maximum atomic E-state index is 13.5. The number of allylic oxidation sites excluding steroid dienone is 4. The molecular weight excluding hydrogens is 404 g/mol. The van der Waals surface area contributed by atoms with E-state index in [0.29, 0.717) is 36.3 Å². The summed E-state index contributed by atoms with van der Waals surface area (Å²) < 4.78 is 6.74. The lowest BCUT2D eigenvalue weighted by atomic mass is 9.43. The van der Waals surface area contributed by atoms with Gasteiger partial charge in [-0.1, -0.05) is 46.4 Å². The topological polar surface area (TPSA) is 83.8 Å². The van der Waals surface area contributed by atoms with Gasteiger partial charge in [-0.3, -0.25) is 9.59 Å². The first-order valence-electron chi connectivity index (χ1n) is 11.8. The van der Waals surface area contributed by atoms with Crippen molar-refractivity contribution in [2.45, 2.75) is 84.5 Å². The number of hydrogen-bond donors (Lipinski definition) is 2. The predicted molar refractivity (Wildman–Crippen MR) is 123 cm³/mol. The summed E-state index contributed by atoms with van der Waals surface area (Å²) in [5, 5.41) is 21.5. The summed E-state index contributed by atoms with van der Waals surface area (Å²) in [5.74, 6) is -0.206. The van der Waals surface area contributed by atoms with Crippen molar-refractivity contribution in [2.75, 3.05) is 0 Å². The Morgan fingerprint density at radius 3 is 2.59 bits per heavy atom. The van der Waals surface area contributed by atoms with E-state index in [1.165, 1.54) is 6.08 Å². The molecule has 32 heavy (non-hydrogen) atoms. The van der Waals surface area contributed by atoms with E-state index in [-0.39, 0.29) is 33.9 Å². The summed E-state index contributed by atoms with van der Waals surface area (Å²) >= 11 is 0. The summed E-state index contributed by atoms with van der Waals surface area (Å²) in [5.41, 5.74) is -0.512. The number of Topliss-reactive ketones (excluding diaryl/α,β-unsaturated/α-hetero) is 1. The molecule has 2 saturated carbocycles. The SMILES string of the molecule is C=C(C=CC)C(O)C1=CC(=O)C2=C(OC34CCC(O)C(C)(C)C3CCC(C)C4(C)C2)C1=O. The van der Waals surface area contributed by atoms with Gasteiger partial charge in [-0.25, -0.2) is 0 Å². The number of aliphatic hydroxyl groups excluding tert-OH is 2. The van der Waals surface area contributed by atoms with E-state index in [0.717, 1.165) is 12.8 Å². The van der Waals surface area contributed by atoms with Gasteiger partial charge in [0.05, 0.1) is 6.10 Å². The van der Waals surface area contributed by atoms with Crippen LogP contribution in [-0.2, 0) is 14.3 Å². The van der Waals surface area contributed by atoms with Crippen molar-refractivity contribution in [2.24, 2.45) is 22.7 Å². The molecule has 2 fully saturated rings. The molecule has 1 spiro atoms. The smallest absolute Gasteiger partial charge is 0.227 e. The highest BCUT2D eigenvalue weighted by Crippen LogP contribution is 2.67. The standard InChI is InChI=1S/C27H36O5/c1-7-8-15(2)22(30)17-13-19(28)18-14-26(6)16(3)9-10-20-25(4,5)21(29)11-12-27(20,26)32-24(18)23(17)31/h7-8,13,16,20-22,29-30H,2,9-12,14H2,1,3-6H3. The zero-order chi connectivity index (χ0) is 23.6. The van der Waals surface area contributed by atoms with E-state index < -0.39 is 23.6 Å². The maximum Gasteiger partial charge on any atom is 0.227 e. The second-order valence-corrected chi connectivity index (χ2v) is 11.1. The van der Waals surface area contributed by atoms with Gasteiger partial charge in [-0.2, -0.15) is 0 Å². The molecule has 1 aliphatic heterocycles. The number of ketones is 2. The van der Waals surface area contributed by atoms with Gasteiger partial charge in [0.25, 0.3) is 0 Å². The first kappa shape index (κ1) is 23.2. The Hall–Kier alpha value is -1.98.